The molecule has 0 aliphatic carbocycles. The maximum atomic E-state index is 12.2. The Morgan fingerprint density at radius 1 is 1.25 bits per heavy atom. The first kappa shape index (κ1) is 18.0. The number of benzene rings is 1. The summed E-state index contributed by atoms with van der Waals surface area (Å²) in [5.74, 6) is 1.13. The van der Waals surface area contributed by atoms with Crippen LogP contribution in [-0.2, 0) is 18.4 Å². The highest BCUT2D eigenvalue weighted by molar-refractivity contribution is 5.75. The lowest BCUT2D eigenvalue weighted by Gasteiger charge is -2.28. The van der Waals surface area contributed by atoms with Crippen LogP contribution in [0.2, 0.25) is 0 Å². The first-order chi connectivity index (χ1) is 11.4. The number of aryl methyl sites for hydroxylation is 1. The Bertz CT molecular complexity index is 691. The van der Waals surface area contributed by atoms with E-state index in [0.717, 1.165) is 29.1 Å². The topological polar surface area (TPSA) is 41.4 Å². The third kappa shape index (κ3) is 3.61. The van der Waals surface area contributed by atoms with Crippen molar-refractivity contribution >= 4 is 11.7 Å². The van der Waals surface area contributed by atoms with E-state index in [1.165, 1.54) is 0 Å². The highest BCUT2D eigenvalue weighted by atomic mass is 16.2. The van der Waals surface area contributed by atoms with Crippen molar-refractivity contribution in [3.8, 4) is 11.3 Å². The summed E-state index contributed by atoms with van der Waals surface area (Å²) in [6.45, 7) is 6.40. The molecule has 5 nitrogen and oxygen atoms in total. The monoisotopic (exact) mass is 328 g/mol. The summed E-state index contributed by atoms with van der Waals surface area (Å²) >= 11 is 0. The summed E-state index contributed by atoms with van der Waals surface area (Å²) in [5.41, 5.74) is 3.10. The molecule has 0 saturated carbocycles. The van der Waals surface area contributed by atoms with Crippen LogP contribution in [0.4, 0.5) is 5.82 Å². The summed E-state index contributed by atoms with van der Waals surface area (Å²) in [4.78, 5) is 16.2. The Kier molecular flexibility index (Phi) is 5.65. The predicted molar refractivity (Wildman–Crippen MR) is 98.9 cm³/mol. The van der Waals surface area contributed by atoms with Crippen LogP contribution in [-0.4, -0.2) is 40.7 Å². The molecule has 130 valence electrons. The smallest absolute Gasteiger partial charge is 0.219 e. The predicted octanol–water partition coefficient (Wildman–Crippen LogP) is 3.30. The minimum atomic E-state index is 0.0944. The average molecular weight is 328 g/mol. The molecule has 24 heavy (non-hydrogen) atoms. The van der Waals surface area contributed by atoms with Crippen molar-refractivity contribution in [2.45, 2.75) is 39.8 Å². The fourth-order valence-electron chi connectivity index (χ4n) is 3.06. The first-order valence-electron chi connectivity index (χ1n) is 8.42. The van der Waals surface area contributed by atoms with Crippen molar-refractivity contribution in [1.82, 2.24) is 14.7 Å². The van der Waals surface area contributed by atoms with Crippen LogP contribution >= 0.6 is 0 Å². The largest absolute Gasteiger partial charge is 0.363 e. The zero-order valence-electron chi connectivity index (χ0n) is 15.6. The van der Waals surface area contributed by atoms with E-state index in [-0.39, 0.29) is 11.9 Å². The first-order valence-corrected chi connectivity index (χ1v) is 8.42. The van der Waals surface area contributed by atoms with Gasteiger partial charge in [0.25, 0.3) is 0 Å². The number of rotatable bonds is 6. The molecule has 0 N–H and O–H groups in total. The van der Waals surface area contributed by atoms with Crippen molar-refractivity contribution in [1.29, 1.82) is 0 Å². The number of nitrogens with zero attached hydrogens (tertiary/aromatic N) is 4. The Hall–Kier alpha value is -2.30. The lowest BCUT2D eigenvalue weighted by Crippen LogP contribution is -2.36. The minimum absolute atomic E-state index is 0.0944. The molecule has 1 aromatic carbocycles. The standard InChI is InChI=1S/C19H28N4O/c1-7-14(2)23(15(3)24)13-17-18(16-11-9-8-10-12-16)20-22(6)19(17)21(4)5/h8-12,14H,7,13H2,1-6H3/t14-/m1/s1. The number of anilines is 1. The zero-order chi connectivity index (χ0) is 17.9. The second-order valence-corrected chi connectivity index (χ2v) is 6.44. The molecule has 0 unspecified atom stereocenters. The zero-order valence-corrected chi connectivity index (χ0v) is 15.6. The molecular weight excluding hydrogens is 300 g/mol. The maximum absolute atomic E-state index is 12.2. The van der Waals surface area contributed by atoms with E-state index in [2.05, 4.69) is 30.9 Å². The van der Waals surface area contributed by atoms with Gasteiger partial charge in [-0.2, -0.15) is 5.10 Å². The molecule has 0 spiro atoms. The Balaban J connectivity index is 2.55. The van der Waals surface area contributed by atoms with E-state index in [1.807, 2.05) is 48.9 Å². The minimum Gasteiger partial charge on any atom is -0.363 e. The molecule has 2 rings (SSSR count). The molecule has 1 atom stereocenters. The fourth-order valence-corrected chi connectivity index (χ4v) is 3.06. The van der Waals surface area contributed by atoms with Gasteiger partial charge in [0, 0.05) is 45.2 Å². The molecule has 0 fully saturated rings. The SMILES string of the molecule is CC[C@@H](C)N(Cc1c(-c2ccccc2)nn(C)c1N(C)C)C(C)=O. The van der Waals surface area contributed by atoms with Crippen LogP contribution in [0, 0.1) is 0 Å². The molecule has 0 radical (unpaired) electrons. The molecule has 5 heteroatoms. The Labute approximate surface area is 144 Å². The van der Waals surface area contributed by atoms with Gasteiger partial charge in [0.2, 0.25) is 5.91 Å². The highest BCUT2D eigenvalue weighted by Gasteiger charge is 2.24. The van der Waals surface area contributed by atoms with Crippen molar-refractivity contribution in [2.75, 3.05) is 19.0 Å². The summed E-state index contributed by atoms with van der Waals surface area (Å²) in [7, 11) is 5.97. The van der Waals surface area contributed by atoms with Gasteiger partial charge in [-0.05, 0) is 13.3 Å². The van der Waals surface area contributed by atoms with Gasteiger partial charge in [0.15, 0.2) is 0 Å². The van der Waals surface area contributed by atoms with Crippen LogP contribution in [0.3, 0.4) is 0 Å². The van der Waals surface area contributed by atoms with Crippen LogP contribution in [0.1, 0.15) is 32.8 Å². The third-order valence-corrected chi connectivity index (χ3v) is 4.44. The van der Waals surface area contributed by atoms with E-state index in [4.69, 9.17) is 5.10 Å². The quantitative estimate of drug-likeness (QED) is 0.817. The normalized spacial score (nSPS) is 12.1. The second kappa shape index (κ2) is 7.51. The molecular formula is C19H28N4O. The summed E-state index contributed by atoms with van der Waals surface area (Å²) < 4.78 is 1.90. The third-order valence-electron chi connectivity index (χ3n) is 4.44. The maximum Gasteiger partial charge on any atom is 0.219 e. The van der Waals surface area contributed by atoms with Crippen LogP contribution in [0.15, 0.2) is 30.3 Å². The summed E-state index contributed by atoms with van der Waals surface area (Å²) in [5, 5.41) is 4.74. The molecule has 0 saturated heterocycles. The number of carbonyl (C=O) groups is 1. The van der Waals surface area contributed by atoms with Gasteiger partial charge in [-0.15, -0.1) is 0 Å². The molecule has 2 aromatic rings. The van der Waals surface area contributed by atoms with Crippen LogP contribution in [0.5, 0.6) is 0 Å². The molecule has 0 aliphatic rings. The van der Waals surface area contributed by atoms with Gasteiger partial charge in [0.1, 0.15) is 5.82 Å². The molecule has 1 heterocycles. The molecule has 1 amide bonds. The van der Waals surface area contributed by atoms with Crippen molar-refractivity contribution in [3.05, 3.63) is 35.9 Å². The molecule has 0 aliphatic heterocycles. The second-order valence-electron chi connectivity index (χ2n) is 6.44. The number of hydrogen-bond donors (Lipinski definition) is 0. The van der Waals surface area contributed by atoms with Crippen LogP contribution < -0.4 is 4.90 Å². The average Bonchev–Trinajstić information content (AvgIpc) is 2.88. The van der Waals surface area contributed by atoms with E-state index < -0.39 is 0 Å². The van der Waals surface area contributed by atoms with Crippen LogP contribution in [0.25, 0.3) is 11.3 Å². The van der Waals surface area contributed by atoms with Crippen molar-refractivity contribution < 1.29 is 4.79 Å². The van der Waals surface area contributed by atoms with Gasteiger partial charge in [-0.3, -0.25) is 9.48 Å². The Morgan fingerprint density at radius 3 is 2.38 bits per heavy atom. The van der Waals surface area contributed by atoms with E-state index in [0.29, 0.717) is 6.54 Å². The van der Waals surface area contributed by atoms with E-state index in [1.54, 1.807) is 6.92 Å². The highest BCUT2D eigenvalue weighted by Crippen LogP contribution is 2.31. The number of aromatic nitrogens is 2. The molecule has 1 aromatic heterocycles. The van der Waals surface area contributed by atoms with Gasteiger partial charge < -0.3 is 9.80 Å². The summed E-state index contributed by atoms with van der Waals surface area (Å²) in [6.07, 6.45) is 0.928. The van der Waals surface area contributed by atoms with Gasteiger partial charge >= 0.3 is 0 Å². The van der Waals surface area contributed by atoms with Gasteiger partial charge in [-0.1, -0.05) is 37.3 Å². The lowest BCUT2D eigenvalue weighted by atomic mass is 10.1. The number of hydrogen-bond acceptors (Lipinski definition) is 3. The van der Waals surface area contributed by atoms with Crippen molar-refractivity contribution in [3.63, 3.8) is 0 Å². The number of amides is 1. The van der Waals surface area contributed by atoms with Gasteiger partial charge in [-0.25, -0.2) is 0 Å². The fraction of sp³-hybridized carbons (Fsp3) is 0.474. The number of carbonyl (C=O) groups excluding carboxylic acids is 1. The lowest BCUT2D eigenvalue weighted by molar-refractivity contribution is -0.131. The Morgan fingerprint density at radius 2 is 1.88 bits per heavy atom. The van der Waals surface area contributed by atoms with Crippen molar-refractivity contribution in [2.24, 2.45) is 7.05 Å². The van der Waals surface area contributed by atoms with Gasteiger partial charge in [0.05, 0.1) is 12.2 Å². The van der Waals surface area contributed by atoms with E-state index in [9.17, 15) is 4.79 Å². The molecule has 0 bridgehead atoms. The van der Waals surface area contributed by atoms with E-state index >= 15 is 0 Å². The summed E-state index contributed by atoms with van der Waals surface area (Å²) in [6, 6.07) is 10.3.